The number of aliphatic hydroxyl groups is 1. The molecule has 0 amide bonds. The summed E-state index contributed by atoms with van der Waals surface area (Å²) in [5, 5.41) is 20.8. The Labute approximate surface area is 97.5 Å². The number of nitro groups is 1. The highest BCUT2D eigenvalue weighted by molar-refractivity contribution is 5.92. The summed E-state index contributed by atoms with van der Waals surface area (Å²) in [5.41, 5.74) is -0.283. The topological polar surface area (TPSA) is 98.9 Å². The van der Waals surface area contributed by atoms with Gasteiger partial charge in [-0.25, -0.2) is 4.79 Å². The first-order chi connectivity index (χ1) is 7.85. The van der Waals surface area contributed by atoms with E-state index in [1.807, 2.05) is 0 Å². The number of nitrogens with zero attached hydrogens (tertiary/aromatic N) is 1. The number of ether oxygens (including phenoxy) is 2. The predicted molar refractivity (Wildman–Crippen MR) is 56.4 cm³/mol. The van der Waals surface area contributed by atoms with E-state index in [9.17, 15) is 20.0 Å². The highest BCUT2D eigenvalue weighted by Crippen LogP contribution is 2.33. The van der Waals surface area contributed by atoms with Crippen LogP contribution in [-0.4, -0.2) is 36.0 Å². The summed E-state index contributed by atoms with van der Waals surface area (Å²) in [6, 6.07) is 0. The van der Waals surface area contributed by atoms with Crippen LogP contribution >= 0.6 is 0 Å². The SMILES string of the molecule is COC(=O)C1=C([N+](=O)[O-])CC(O)(OC)C(C)=C1. The van der Waals surface area contributed by atoms with Gasteiger partial charge >= 0.3 is 5.97 Å². The molecule has 7 heteroatoms. The molecule has 0 spiro atoms. The second-order valence-corrected chi connectivity index (χ2v) is 3.60. The van der Waals surface area contributed by atoms with E-state index in [0.29, 0.717) is 5.57 Å². The van der Waals surface area contributed by atoms with Crippen LogP contribution in [-0.2, 0) is 14.3 Å². The van der Waals surface area contributed by atoms with Gasteiger partial charge in [0.05, 0.1) is 18.5 Å². The van der Waals surface area contributed by atoms with E-state index >= 15 is 0 Å². The largest absolute Gasteiger partial charge is 0.465 e. The van der Waals surface area contributed by atoms with Crippen molar-refractivity contribution < 1.29 is 24.3 Å². The van der Waals surface area contributed by atoms with Crippen molar-refractivity contribution in [2.75, 3.05) is 14.2 Å². The maximum Gasteiger partial charge on any atom is 0.344 e. The zero-order valence-corrected chi connectivity index (χ0v) is 9.72. The van der Waals surface area contributed by atoms with Crippen LogP contribution in [0.2, 0.25) is 0 Å². The lowest BCUT2D eigenvalue weighted by atomic mass is 9.92. The van der Waals surface area contributed by atoms with Gasteiger partial charge in [-0.05, 0) is 18.6 Å². The Hall–Kier alpha value is -1.73. The van der Waals surface area contributed by atoms with Gasteiger partial charge in [-0.2, -0.15) is 0 Å². The molecule has 0 aromatic heterocycles. The lowest BCUT2D eigenvalue weighted by molar-refractivity contribution is -0.434. The lowest BCUT2D eigenvalue weighted by Crippen LogP contribution is -2.37. The predicted octanol–water partition coefficient (Wildman–Crippen LogP) is 0.375. The molecular formula is C10H13NO6. The molecule has 0 saturated carbocycles. The van der Waals surface area contributed by atoms with E-state index < -0.39 is 28.8 Å². The van der Waals surface area contributed by atoms with Crippen LogP contribution in [0, 0.1) is 10.1 Å². The molecule has 0 fully saturated rings. The van der Waals surface area contributed by atoms with Crippen LogP contribution < -0.4 is 0 Å². The number of carbonyl (C=O) groups is 1. The number of esters is 1. The molecule has 0 bridgehead atoms. The molecule has 1 aliphatic carbocycles. The third-order valence-corrected chi connectivity index (χ3v) is 2.66. The molecule has 1 aliphatic rings. The summed E-state index contributed by atoms with van der Waals surface area (Å²) in [6.07, 6.45) is 0.806. The maximum atomic E-state index is 11.4. The number of carbonyl (C=O) groups excluding carboxylic acids is 1. The van der Waals surface area contributed by atoms with Gasteiger partial charge in [0, 0.05) is 7.11 Å². The highest BCUT2D eigenvalue weighted by atomic mass is 16.6. The normalized spacial score (nSPS) is 24.4. The molecular weight excluding hydrogens is 230 g/mol. The molecule has 0 aliphatic heterocycles. The first kappa shape index (κ1) is 13.3. The Morgan fingerprint density at radius 2 is 2.18 bits per heavy atom. The average Bonchev–Trinajstić information content (AvgIpc) is 2.30. The fourth-order valence-electron chi connectivity index (χ4n) is 1.56. The zero-order valence-electron chi connectivity index (χ0n) is 9.72. The third kappa shape index (κ3) is 2.34. The van der Waals surface area contributed by atoms with Crippen molar-refractivity contribution in [2.45, 2.75) is 19.1 Å². The van der Waals surface area contributed by atoms with Crippen molar-refractivity contribution >= 4 is 5.97 Å². The fourth-order valence-corrected chi connectivity index (χ4v) is 1.56. The molecule has 0 radical (unpaired) electrons. The molecule has 1 unspecified atom stereocenters. The maximum absolute atomic E-state index is 11.4. The van der Waals surface area contributed by atoms with Crippen LogP contribution in [0.3, 0.4) is 0 Å². The summed E-state index contributed by atoms with van der Waals surface area (Å²) >= 11 is 0. The third-order valence-electron chi connectivity index (χ3n) is 2.66. The molecule has 94 valence electrons. The van der Waals surface area contributed by atoms with Crippen molar-refractivity contribution in [3.05, 3.63) is 33.0 Å². The summed E-state index contributed by atoms with van der Waals surface area (Å²) in [7, 11) is 2.37. The van der Waals surface area contributed by atoms with Crippen LogP contribution in [0.15, 0.2) is 22.9 Å². The van der Waals surface area contributed by atoms with Crippen molar-refractivity contribution in [2.24, 2.45) is 0 Å². The molecule has 17 heavy (non-hydrogen) atoms. The van der Waals surface area contributed by atoms with Gasteiger partial charge in [0.1, 0.15) is 5.57 Å². The fraction of sp³-hybridized carbons (Fsp3) is 0.500. The van der Waals surface area contributed by atoms with Crippen LogP contribution in [0.1, 0.15) is 13.3 Å². The van der Waals surface area contributed by atoms with Gasteiger partial charge in [0.25, 0.3) is 5.70 Å². The van der Waals surface area contributed by atoms with Gasteiger partial charge in [-0.15, -0.1) is 0 Å². The Balaban J connectivity index is 3.29. The molecule has 7 nitrogen and oxygen atoms in total. The first-order valence-corrected chi connectivity index (χ1v) is 4.78. The van der Waals surface area contributed by atoms with Gasteiger partial charge in [-0.3, -0.25) is 10.1 Å². The number of rotatable bonds is 3. The van der Waals surface area contributed by atoms with Crippen LogP contribution in [0.25, 0.3) is 0 Å². The second kappa shape index (κ2) is 4.64. The van der Waals surface area contributed by atoms with Crippen molar-refractivity contribution in [1.82, 2.24) is 0 Å². The van der Waals surface area contributed by atoms with Crippen molar-refractivity contribution in [3.8, 4) is 0 Å². The standard InChI is InChI=1S/C10H13NO6/c1-6-4-7(9(12)16-2)8(11(14)15)5-10(6,13)17-3/h4,13H,5H2,1-3H3. The summed E-state index contributed by atoms with van der Waals surface area (Å²) in [4.78, 5) is 21.5. The minimum Gasteiger partial charge on any atom is -0.465 e. The summed E-state index contributed by atoms with van der Waals surface area (Å²) < 4.78 is 9.28. The lowest BCUT2D eigenvalue weighted by Gasteiger charge is -2.29. The minimum absolute atomic E-state index is 0.170. The zero-order chi connectivity index (χ0) is 13.2. The Morgan fingerprint density at radius 1 is 1.59 bits per heavy atom. The van der Waals surface area contributed by atoms with E-state index in [1.54, 1.807) is 0 Å². The molecule has 1 N–H and O–H groups in total. The van der Waals surface area contributed by atoms with E-state index in [0.717, 1.165) is 7.11 Å². The molecule has 0 saturated heterocycles. The van der Waals surface area contributed by atoms with Gasteiger partial charge in [-0.1, -0.05) is 0 Å². The van der Waals surface area contributed by atoms with E-state index in [4.69, 9.17) is 4.74 Å². The Bertz CT molecular complexity index is 425. The van der Waals surface area contributed by atoms with E-state index in [1.165, 1.54) is 20.1 Å². The van der Waals surface area contributed by atoms with Crippen molar-refractivity contribution in [1.29, 1.82) is 0 Å². The quantitative estimate of drug-likeness (QED) is 0.333. The van der Waals surface area contributed by atoms with Crippen LogP contribution in [0.5, 0.6) is 0 Å². The monoisotopic (exact) mass is 243 g/mol. The first-order valence-electron chi connectivity index (χ1n) is 4.78. The molecule has 0 aromatic rings. The van der Waals surface area contributed by atoms with E-state index in [2.05, 4.69) is 4.74 Å². The molecule has 0 heterocycles. The second-order valence-electron chi connectivity index (χ2n) is 3.60. The van der Waals surface area contributed by atoms with Gasteiger partial charge in [0.15, 0.2) is 5.79 Å². The minimum atomic E-state index is -1.75. The smallest absolute Gasteiger partial charge is 0.344 e. The van der Waals surface area contributed by atoms with Crippen molar-refractivity contribution in [3.63, 3.8) is 0 Å². The van der Waals surface area contributed by atoms with Gasteiger partial charge < -0.3 is 14.6 Å². The number of hydrogen-bond acceptors (Lipinski definition) is 6. The van der Waals surface area contributed by atoms with Crippen LogP contribution in [0.4, 0.5) is 0 Å². The number of hydrogen-bond donors (Lipinski definition) is 1. The Kier molecular flexibility index (Phi) is 3.64. The average molecular weight is 243 g/mol. The molecule has 1 atom stereocenters. The van der Waals surface area contributed by atoms with Gasteiger partial charge in [0.2, 0.25) is 0 Å². The Morgan fingerprint density at radius 3 is 2.59 bits per heavy atom. The number of methoxy groups -OCH3 is 2. The summed E-state index contributed by atoms with van der Waals surface area (Å²) in [6.45, 7) is 1.52. The molecule has 1 rings (SSSR count). The molecule has 0 aromatic carbocycles. The highest BCUT2D eigenvalue weighted by Gasteiger charge is 2.41. The van der Waals surface area contributed by atoms with E-state index in [-0.39, 0.29) is 5.57 Å². The summed E-state index contributed by atoms with van der Waals surface area (Å²) in [5.74, 6) is -2.56.